The first-order valence-electron chi connectivity index (χ1n) is 6.89. The summed E-state index contributed by atoms with van der Waals surface area (Å²) >= 11 is 0.774. The molecule has 0 aromatic heterocycles. The average molecular weight is 375 g/mol. The Morgan fingerprint density at radius 2 is 1.91 bits per heavy atom. The fraction of sp³-hybridized carbons (Fsp3) is 0.909. The van der Waals surface area contributed by atoms with E-state index in [0.29, 0.717) is 6.42 Å². The highest BCUT2D eigenvalue weighted by atomic mass is 32.3. The smallest absolute Gasteiger partial charge is 0.394 e. The van der Waals surface area contributed by atoms with Gasteiger partial charge in [0.05, 0.1) is 6.61 Å². The maximum atomic E-state index is 10.6. The number of thioether (sulfide) groups is 1. The van der Waals surface area contributed by atoms with Crippen molar-refractivity contribution < 1.29 is 42.4 Å². The Hall–Kier alpha value is -0.470. The average Bonchev–Trinajstić information content (AvgIpc) is 2.49. The number of oxime groups is 1. The molecule has 12 heteroatoms. The molecule has 0 aromatic carbocycles. The molecule has 0 bridgehead atoms. The van der Waals surface area contributed by atoms with Crippen molar-refractivity contribution in [3.63, 3.8) is 0 Å². The van der Waals surface area contributed by atoms with Crippen LogP contribution in [0.3, 0.4) is 0 Å². The zero-order valence-electron chi connectivity index (χ0n) is 12.3. The third kappa shape index (κ3) is 6.51. The highest BCUT2D eigenvalue weighted by Crippen LogP contribution is 2.30. The lowest BCUT2D eigenvalue weighted by Gasteiger charge is -2.39. The molecule has 0 aromatic rings. The van der Waals surface area contributed by atoms with Crippen LogP contribution in [0.4, 0.5) is 0 Å². The lowest BCUT2D eigenvalue weighted by Crippen LogP contribution is -2.57. The maximum Gasteiger partial charge on any atom is 0.466 e. The van der Waals surface area contributed by atoms with Crippen molar-refractivity contribution >= 4 is 27.2 Å². The van der Waals surface area contributed by atoms with E-state index in [4.69, 9.17) is 14.4 Å². The Kier molecular flexibility index (Phi) is 8.17. The molecule has 1 rings (SSSR count). The minimum Gasteiger partial charge on any atom is -0.394 e. The molecule has 1 heterocycles. The van der Waals surface area contributed by atoms with Gasteiger partial charge in [0.15, 0.2) is 0 Å². The minimum atomic E-state index is -4.77. The zero-order valence-corrected chi connectivity index (χ0v) is 14.0. The number of nitrogens with zero attached hydrogens (tertiary/aromatic N) is 1. The quantitative estimate of drug-likeness (QED) is 0.158. The summed E-state index contributed by atoms with van der Waals surface area (Å²) in [6.45, 7) is 1.31. The van der Waals surface area contributed by atoms with Gasteiger partial charge in [0, 0.05) is 0 Å². The van der Waals surface area contributed by atoms with Crippen LogP contribution in [-0.2, 0) is 19.4 Å². The minimum absolute atomic E-state index is 0.105. The van der Waals surface area contributed by atoms with E-state index in [2.05, 4.69) is 9.44 Å². The Morgan fingerprint density at radius 3 is 2.43 bits per heavy atom. The van der Waals surface area contributed by atoms with Crippen LogP contribution in [0.25, 0.3) is 0 Å². The second kappa shape index (κ2) is 9.13. The highest BCUT2D eigenvalue weighted by Gasteiger charge is 2.44. The van der Waals surface area contributed by atoms with E-state index >= 15 is 0 Å². The molecule has 0 aliphatic carbocycles. The van der Waals surface area contributed by atoms with Gasteiger partial charge in [0.1, 0.15) is 34.9 Å². The molecule has 1 aliphatic rings. The van der Waals surface area contributed by atoms with E-state index in [1.807, 2.05) is 6.92 Å². The third-order valence-corrected chi connectivity index (χ3v) is 4.51. The highest BCUT2D eigenvalue weighted by molar-refractivity contribution is 8.14. The molecule has 0 radical (unpaired) electrons. The molecule has 10 nitrogen and oxygen atoms in total. The zero-order chi connectivity index (χ0) is 17.6. The molecule has 0 amide bonds. The molecule has 5 N–H and O–H groups in total. The first-order valence-corrected chi connectivity index (χ1v) is 9.14. The summed E-state index contributed by atoms with van der Waals surface area (Å²) in [6, 6.07) is 0. The summed E-state index contributed by atoms with van der Waals surface area (Å²) < 4.78 is 39.0. The first kappa shape index (κ1) is 20.6. The fourth-order valence-corrected chi connectivity index (χ4v) is 3.18. The molecule has 0 unspecified atom stereocenters. The normalized spacial score (nSPS) is 32.8. The van der Waals surface area contributed by atoms with Gasteiger partial charge in [-0.1, -0.05) is 30.3 Å². The van der Waals surface area contributed by atoms with E-state index in [9.17, 15) is 23.7 Å². The fourth-order valence-electron chi connectivity index (χ4n) is 1.84. The van der Waals surface area contributed by atoms with Gasteiger partial charge in [-0.3, -0.25) is 4.55 Å². The number of aliphatic hydroxyl groups excluding tert-OH is 4. The predicted octanol–water partition coefficient (Wildman–Crippen LogP) is -1.16. The Labute approximate surface area is 138 Å². The predicted molar refractivity (Wildman–Crippen MR) is 81.0 cm³/mol. The summed E-state index contributed by atoms with van der Waals surface area (Å²) in [7, 11) is -4.77. The number of hydrogen-bond donors (Lipinski definition) is 5. The topological polar surface area (TPSA) is 166 Å². The maximum absolute atomic E-state index is 10.6. The molecule has 1 fully saturated rings. The van der Waals surface area contributed by atoms with E-state index in [0.717, 1.165) is 18.2 Å². The molecule has 0 spiro atoms. The van der Waals surface area contributed by atoms with Crippen molar-refractivity contribution in [3.05, 3.63) is 0 Å². The molecular weight excluding hydrogens is 354 g/mol. The number of unbranched alkanes of at least 4 members (excludes halogenated alkanes) is 1. The second-order valence-corrected chi connectivity index (χ2v) is 7.08. The van der Waals surface area contributed by atoms with Crippen LogP contribution < -0.4 is 0 Å². The van der Waals surface area contributed by atoms with Crippen molar-refractivity contribution in [1.29, 1.82) is 0 Å². The van der Waals surface area contributed by atoms with Gasteiger partial charge in [-0.25, -0.2) is 4.28 Å². The number of aliphatic hydroxyl groups is 4. The van der Waals surface area contributed by atoms with Crippen molar-refractivity contribution in [1.82, 2.24) is 0 Å². The van der Waals surface area contributed by atoms with Crippen LogP contribution in [0.5, 0.6) is 0 Å². The summed E-state index contributed by atoms with van der Waals surface area (Å²) in [5, 5.41) is 41.8. The number of hydrogen-bond acceptors (Lipinski definition) is 10. The van der Waals surface area contributed by atoms with E-state index in [1.165, 1.54) is 0 Å². The van der Waals surface area contributed by atoms with Crippen LogP contribution >= 0.6 is 11.8 Å². The molecule has 5 atom stereocenters. The van der Waals surface area contributed by atoms with E-state index in [1.54, 1.807) is 0 Å². The summed E-state index contributed by atoms with van der Waals surface area (Å²) in [6.07, 6.45) is -3.94. The summed E-state index contributed by atoms with van der Waals surface area (Å²) in [5.41, 5.74) is -1.11. The van der Waals surface area contributed by atoms with Gasteiger partial charge >= 0.3 is 10.4 Å². The van der Waals surface area contributed by atoms with Gasteiger partial charge in [-0.05, 0) is 12.8 Å². The monoisotopic (exact) mass is 375 g/mol. The van der Waals surface area contributed by atoms with Crippen LogP contribution in [0.1, 0.15) is 26.2 Å². The Bertz CT molecular complexity index is 496. The summed E-state index contributed by atoms with van der Waals surface area (Å²) in [5.74, 6) is 0. The SMILES string of the molecule is CCCC/C(=N\OS(=O)(=O)O)S[C@@H]1O[C@@H](CO)[C@H](O)[C@@H](O)[C@@H]1O. The number of ether oxygens (including phenoxy) is 1. The van der Waals surface area contributed by atoms with Gasteiger partial charge in [-0.2, -0.15) is 8.42 Å². The van der Waals surface area contributed by atoms with Gasteiger partial charge in [-0.15, -0.1) is 0 Å². The van der Waals surface area contributed by atoms with Gasteiger partial charge in [0.2, 0.25) is 0 Å². The molecular formula is C11H21NO9S2. The largest absolute Gasteiger partial charge is 0.466 e. The Morgan fingerprint density at radius 1 is 1.26 bits per heavy atom. The lowest BCUT2D eigenvalue weighted by molar-refractivity contribution is -0.205. The lowest BCUT2D eigenvalue weighted by atomic mass is 10.0. The van der Waals surface area contributed by atoms with Crippen LogP contribution in [0, 0.1) is 0 Å². The first-order chi connectivity index (χ1) is 10.7. The number of rotatable bonds is 7. The Balaban J connectivity index is 2.84. The van der Waals surface area contributed by atoms with Gasteiger partial charge in [0.25, 0.3) is 0 Å². The van der Waals surface area contributed by atoms with Crippen molar-refractivity contribution in [2.75, 3.05) is 6.61 Å². The van der Waals surface area contributed by atoms with E-state index < -0.39 is 46.9 Å². The van der Waals surface area contributed by atoms with Crippen molar-refractivity contribution in [2.45, 2.75) is 56.0 Å². The van der Waals surface area contributed by atoms with Crippen LogP contribution in [0.15, 0.2) is 5.16 Å². The second-order valence-electron chi connectivity index (χ2n) is 4.91. The van der Waals surface area contributed by atoms with Crippen LogP contribution in [-0.4, -0.2) is 74.9 Å². The molecule has 0 saturated carbocycles. The third-order valence-electron chi connectivity index (χ3n) is 3.08. The van der Waals surface area contributed by atoms with Crippen molar-refractivity contribution in [3.8, 4) is 0 Å². The van der Waals surface area contributed by atoms with E-state index in [-0.39, 0.29) is 11.5 Å². The standard InChI is InChI=1S/C11H21NO9S2/c1-2-3-4-7(12-21-23(17,18)19)22-11-10(16)9(15)8(14)6(5-13)20-11/h6,8-11,13-16H,2-5H2,1H3,(H,17,18,19)/b12-7+/t6-,8-,9+,10-,11-/m0/s1. The van der Waals surface area contributed by atoms with Crippen LogP contribution in [0.2, 0.25) is 0 Å². The molecule has 136 valence electrons. The molecule has 1 saturated heterocycles. The van der Waals surface area contributed by atoms with Crippen molar-refractivity contribution in [2.24, 2.45) is 5.16 Å². The van der Waals surface area contributed by atoms with Gasteiger partial charge < -0.3 is 25.2 Å². The summed E-state index contributed by atoms with van der Waals surface area (Å²) in [4.78, 5) is 0. The molecule has 23 heavy (non-hydrogen) atoms. The molecule has 1 aliphatic heterocycles.